The summed E-state index contributed by atoms with van der Waals surface area (Å²) >= 11 is -0.288. The first kappa shape index (κ1) is 12.1. The fourth-order valence-electron chi connectivity index (χ4n) is 1.49. The van der Waals surface area contributed by atoms with Gasteiger partial charge in [0.15, 0.2) is 7.14 Å². The number of hydrogen-bond acceptors (Lipinski definition) is 1. The Balaban J connectivity index is 2.23. The number of hydrogen-bond donors (Lipinski definition) is 1. The van der Waals surface area contributed by atoms with E-state index >= 15 is 0 Å². The highest BCUT2D eigenvalue weighted by Crippen LogP contribution is 1.99. The number of halogens is 1. The quantitative estimate of drug-likeness (QED) is 0.759. The highest BCUT2D eigenvalue weighted by Gasteiger charge is 2.20. The van der Waals surface area contributed by atoms with Crippen LogP contribution in [0.3, 0.4) is 0 Å². The standard InChI is InChI=1S/C14H11IO2/c16-14(17)10-11-6-4-5-9-13(11)15-12-7-2-1-3-8-12/h1-9H,10H2/p+1. The van der Waals surface area contributed by atoms with Crippen LogP contribution in [0.15, 0.2) is 54.6 Å². The number of rotatable bonds is 4. The summed E-state index contributed by atoms with van der Waals surface area (Å²) in [4.78, 5) is 10.8. The third-order valence-electron chi connectivity index (χ3n) is 2.24. The molecule has 0 saturated carbocycles. The molecule has 0 amide bonds. The smallest absolute Gasteiger partial charge is 0.358 e. The third kappa shape index (κ3) is 3.56. The van der Waals surface area contributed by atoms with E-state index in [4.69, 9.17) is 5.11 Å². The lowest BCUT2D eigenvalue weighted by Gasteiger charge is -1.96. The van der Waals surface area contributed by atoms with E-state index in [2.05, 4.69) is 12.1 Å². The molecule has 0 fully saturated rings. The lowest BCUT2D eigenvalue weighted by molar-refractivity contribution is -0.598. The Morgan fingerprint density at radius 3 is 2.35 bits per heavy atom. The van der Waals surface area contributed by atoms with E-state index in [1.54, 1.807) is 0 Å². The van der Waals surface area contributed by atoms with Gasteiger partial charge in [-0.2, -0.15) is 0 Å². The molecule has 0 radical (unpaired) electrons. The van der Waals surface area contributed by atoms with Crippen LogP contribution >= 0.6 is 0 Å². The van der Waals surface area contributed by atoms with Crippen molar-refractivity contribution < 1.29 is 31.1 Å². The maximum absolute atomic E-state index is 10.8. The molecule has 0 heterocycles. The summed E-state index contributed by atoms with van der Waals surface area (Å²) < 4.78 is 2.50. The molecule has 0 unspecified atom stereocenters. The molecule has 3 heteroatoms. The Morgan fingerprint density at radius 2 is 1.65 bits per heavy atom. The van der Waals surface area contributed by atoms with Crippen molar-refractivity contribution in [2.24, 2.45) is 0 Å². The van der Waals surface area contributed by atoms with Crippen LogP contribution in [0.4, 0.5) is 0 Å². The van der Waals surface area contributed by atoms with E-state index in [0.717, 1.165) is 5.56 Å². The molecule has 2 aromatic carbocycles. The molecule has 1 N–H and O–H groups in total. The van der Waals surface area contributed by atoms with Gasteiger partial charge in [0.2, 0.25) is 0 Å². The Hall–Kier alpha value is -1.36. The summed E-state index contributed by atoms with van der Waals surface area (Å²) in [7, 11) is 0. The van der Waals surface area contributed by atoms with Gasteiger partial charge in [0, 0.05) is 5.56 Å². The van der Waals surface area contributed by atoms with E-state index in [9.17, 15) is 4.79 Å². The summed E-state index contributed by atoms with van der Waals surface area (Å²) in [5, 5.41) is 8.87. The molecule has 2 rings (SSSR count). The van der Waals surface area contributed by atoms with Gasteiger partial charge in [-0.05, 0) is 18.2 Å². The second kappa shape index (κ2) is 5.82. The van der Waals surface area contributed by atoms with Gasteiger partial charge in [0.1, 0.15) is 0 Å². The van der Waals surface area contributed by atoms with Crippen LogP contribution in [0.2, 0.25) is 0 Å². The molecule has 17 heavy (non-hydrogen) atoms. The number of carboxylic acids is 1. The average Bonchev–Trinajstić information content (AvgIpc) is 2.32. The van der Waals surface area contributed by atoms with Crippen LogP contribution < -0.4 is 21.2 Å². The fourth-order valence-corrected chi connectivity index (χ4v) is 4.04. The molecule has 0 aromatic heterocycles. The zero-order chi connectivity index (χ0) is 12.1. The van der Waals surface area contributed by atoms with Gasteiger partial charge >= 0.3 is 27.2 Å². The molecule has 2 aromatic rings. The average molecular weight is 339 g/mol. The van der Waals surface area contributed by atoms with Crippen molar-refractivity contribution in [2.75, 3.05) is 0 Å². The van der Waals surface area contributed by atoms with Crippen LogP contribution in [-0.2, 0) is 11.2 Å². The lowest BCUT2D eigenvalue weighted by atomic mass is 10.2. The molecule has 0 spiro atoms. The first-order valence-corrected chi connectivity index (χ1v) is 7.41. The molecular formula is C14H12IO2+. The van der Waals surface area contributed by atoms with E-state index in [1.165, 1.54) is 7.14 Å². The summed E-state index contributed by atoms with van der Waals surface area (Å²) in [6, 6.07) is 18.1. The topological polar surface area (TPSA) is 37.3 Å². The molecule has 0 atom stereocenters. The Morgan fingerprint density at radius 1 is 1.00 bits per heavy atom. The Labute approximate surface area is 111 Å². The summed E-state index contributed by atoms with van der Waals surface area (Å²) in [6.07, 6.45) is 0.114. The van der Waals surface area contributed by atoms with Gasteiger partial charge < -0.3 is 5.11 Å². The van der Waals surface area contributed by atoms with Crippen LogP contribution in [0.1, 0.15) is 5.56 Å². The van der Waals surface area contributed by atoms with Crippen molar-refractivity contribution in [1.82, 2.24) is 0 Å². The lowest BCUT2D eigenvalue weighted by Crippen LogP contribution is -3.61. The number of aliphatic carboxylic acids is 1. The van der Waals surface area contributed by atoms with E-state index < -0.39 is 5.97 Å². The second-order valence-corrected chi connectivity index (χ2v) is 6.50. The summed E-state index contributed by atoms with van der Waals surface area (Å²) in [5.41, 5.74) is 0.941. The van der Waals surface area contributed by atoms with Crippen LogP contribution in [-0.4, -0.2) is 11.1 Å². The Kier molecular flexibility index (Phi) is 4.14. The number of carboxylic acid groups (broad SMARTS) is 1. The van der Waals surface area contributed by atoms with Gasteiger partial charge in [0.05, 0.1) is 6.42 Å². The molecule has 0 bridgehead atoms. The molecule has 86 valence electrons. The van der Waals surface area contributed by atoms with Gasteiger partial charge in [0.25, 0.3) is 0 Å². The van der Waals surface area contributed by atoms with Gasteiger partial charge in [-0.15, -0.1) is 0 Å². The van der Waals surface area contributed by atoms with Crippen molar-refractivity contribution in [2.45, 2.75) is 6.42 Å². The van der Waals surface area contributed by atoms with E-state index in [-0.39, 0.29) is 27.6 Å². The maximum atomic E-state index is 10.8. The van der Waals surface area contributed by atoms with E-state index in [1.807, 2.05) is 42.5 Å². The molecule has 0 aliphatic rings. The molecular weight excluding hydrogens is 327 g/mol. The third-order valence-corrected chi connectivity index (χ3v) is 5.22. The van der Waals surface area contributed by atoms with Crippen molar-refractivity contribution in [3.63, 3.8) is 0 Å². The highest BCUT2D eigenvalue weighted by atomic mass is 127. The minimum atomic E-state index is -0.769. The second-order valence-electron chi connectivity index (χ2n) is 3.55. The zero-order valence-electron chi connectivity index (χ0n) is 9.14. The zero-order valence-corrected chi connectivity index (χ0v) is 11.3. The predicted molar refractivity (Wildman–Crippen MR) is 61.6 cm³/mol. The largest absolute Gasteiger partial charge is 0.481 e. The van der Waals surface area contributed by atoms with Crippen molar-refractivity contribution >= 4 is 5.97 Å². The summed E-state index contributed by atoms with van der Waals surface area (Å²) in [5.74, 6) is -0.769. The minimum Gasteiger partial charge on any atom is -0.481 e. The van der Waals surface area contributed by atoms with Gasteiger partial charge in [-0.25, -0.2) is 0 Å². The predicted octanol–water partition coefficient (Wildman–Crippen LogP) is -0.558. The molecule has 0 aliphatic heterocycles. The Bertz CT molecular complexity index is 509. The molecule has 0 saturated heterocycles. The molecule has 0 aliphatic carbocycles. The van der Waals surface area contributed by atoms with Crippen LogP contribution in [0.5, 0.6) is 0 Å². The van der Waals surface area contributed by atoms with Crippen molar-refractivity contribution in [1.29, 1.82) is 0 Å². The maximum Gasteiger partial charge on any atom is 0.358 e. The van der Waals surface area contributed by atoms with Crippen molar-refractivity contribution in [3.05, 3.63) is 67.3 Å². The van der Waals surface area contributed by atoms with Gasteiger partial charge in [-0.1, -0.05) is 36.4 Å². The first-order valence-electron chi connectivity index (χ1n) is 5.25. The SMILES string of the molecule is O=C(O)Cc1ccccc1[I+]c1ccccc1. The number of benzene rings is 2. The monoisotopic (exact) mass is 339 g/mol. The van der Waals surface area contributed by atoms with Crippen molar-refractivity contribution in [3.8, 4) is 0 Å². The molecule has 2 nitrogen and oxygen atoms in total. The van der Waals surface area contributed by atoms with Gasteiger partial charge in [-0.3, -0.25) is 4.79 Å². The first-order chi connectivity index (χ1) is 8.25. The normalized spacial score (nSPS) is 10.1. The minimum absolute atomic E-state index is 0.114. The number of carbonyl (C=O) groups is 1. The highest BCUT2D eigenvalue weighted by molar-refractivity contribution is 5.70. The fraction of sp³-hybridized carbons (Fsp3) is 0.0714. The van der Waals surface area contributed by atoms with Crippen LogP contribution in [0, 0.1) is 7.14 Å². The summed E-state index contributed by atoms with van der Waals surface area (Å²) in [6.45, 7) is 0. The van der Waals surface area contributed by atoms with Crippen LogP contribution in [0.25, 0.3) is 0 Å². The van der Waals surface area contributed by atoms with E-state index in [0.29, 0.717) is 0 Å².